The van der Waals surface area contributed by atoms with Gasteiger partial charge in [0.1, 0.15) is 43.5 Å². The lowest BCUT2D eigenvalue weighted by Crippen LogP contribution is -2.25. The van der Waals surface area contributed by atoms with Gasteiger partial charge in [-0.1, -0.05) is 24.3 Å². The highest BCUT2D eigenvalue weighted by Gasteiger charge is 2.23. The van der Waals surface area contributed by atoms with Crippen LogP contribution in [0.25, 0.3) is 0 Å². The maximum atomic E-state index is 12.0. The Kier molecular flexibility index (Phi) is 9.53. The third kappa shape index (κ3) is 9.51. The summed E-state index contributed by atoms with van der Waals surface area (Å²) in [6.07, 6.45) is 0.942. The van der Waals surface area contributed by atoms with E-state index < -0.39 is 6.10 Å². The second-order valence-electron chi connectivity index (χ2n) is 7.78. The van der Waals surface area contributed by atoms with Crippen LogP contribution in [0.5, 0.6) is 11.5 Å². The summed E-state index contributed by atoms with van der Waals surface area (Å²) >= 11 is 0. The van der Waals surface area contributed by atoms with Crippen molar-refractivity contribution in [2.75, 3.05) is 33.5 Å². The number of benzene rings is 2. The molecule has 33 heavy (non-hydrogen) atoms. The molecule has 178 valence electrons. The molecule has 1 N–H and O–H groups in total. The normalized spacial score (nSPS) is 15.4. The van der Waals surface area contributed by atoms with Gasteiger partial charge in [0.25, 0.3) is 0 Å². The third-order valence-electron chi connectivity index (χ3n) is 5.03. The van der Waals surface area contributed by atoms with E-state index in [1.165, 1.54) is 7.11 Å². The number of hydrogen-bond acceptors (Lipinski definition) is 8. The molecule has 8 nitrogen and oxygen atoms in total. The van der Waals surface area contributed by atoms with E-state index in [2.05, 4.69) is 4.74 Å². The molecule has 2 unspecified atom stereocenters. The van der Waals surface area contributed by atoms with Gasteiger partial charge in [0.15, 0.2) is 0 Å². The van der Waals surface area contributed by atoms with Crippen molar-refractivity contribution in [3.63, 3.8) is 0 Å². The highest BCUT2D eigenvalue weighted by molar-refractivity contribution is 5.70. The molecule has 1 heterocycles. The Morgan fingerprint density at radius 3 is 2.00 bits per heavy atom. The van der Waals surface area contributed by atoms with E-state index in [1.54, 1.807) is 12.1 Å². The SMILES string of the molecule is COC(=O)CCc1ccc(OCC(O)COC(=O)CCc2ccc(OCC3CO3)cc2)cc1. The van der Waals surface area contributed by atoms with E-state index >= 15 is 0 Å². The number of aliphatic hydroxyl groups excluding tert-OH is 1. The monoisotopic (exact) mass is 458 g/mol. The number of hydrogen-bond donors (Lipinski definition) is 1. The topological polar surface area (TPSA) is 104 Å². The molecule has 0 radical (unpaired) electrons. The van der Waals surface area contributed by atoms with Gasteiger partial charge in [-0.25, -0.2) is 0 Å². The van der Waals surface area contributed by atoms with E-state index in [9.17, 15) is 14.7 Å². The summed E-state index contributed by atoms with van der Waals surface area (Å²) in [5.74, 6) is 0.723. The number of carbonyl (C=O) groups excluding carboxylic acids is 2. The zero-order chi connectivity index (χ0) is 23.5. The lowest BCUT2D eigenvalue weighted by atomic mass is 10.1. The summed E-state index contributed by atoms with van der Waals surface area (Å²) in [6.45, 7) is 1.18. The zero-order valence-corrected chi connectivity index (χ0v) is 18.7. The molecule has 0 spiro atoms. The fourth-order valence-corrected chi connectivity index (χ4v) is 2.95. The van der Waals surface area contributed by atoms with Crippen LogP contribution in [0, 0.1) is 0 Å². The molecule has 2 atom stereocenters. The summed E-state index contributed by atoms with van der Waals surface area (Å²) in [5.41, 5.74) is 1.98. The minimum atomic E-state index is -0.931. The van der Waals surface area contributed by atoms with E-state index in [4.69, 9.17) is 18.9 Å². The van der Waals surface area contributed by atoms with Gasteiger partial charge < -0.3 is 28.8 Å². The highest BCUT2D eigenvalue weighted by Crippen LogP contribution is 2.17. The summed E-state index contributed by atoms with van der Waals surface area (Å²) < 4.78 is 26.0. The molecule has 1 aliphatic rings. The average molecular weight is 459 g/mol. The second-order valence-corrected chi connectivity index (χ2v) is 7.78. The lowest BCUT2D eigenvalue weighted by molar-refractivity contribution is -0.147. The van der Waals surface area contributed by atoms with Crippen molar-refractivity contribution in [2.45, 2.75) is 37.9 Å². The summed E-state index contributed by atoms with van der Waals surface area (Å²) in [5, 5.41) is 10.0. The standard InChI is InChI=1S/C25H30O8/c1-29-24(27)12-6-18-2-8-21(9-3-18)30-14-20(26)15-33-25(28)13-7-19-4-10-22(11-5-19)31-16-23-17-32-23/h2-5,8-11,20,23,26H,6-7,12-17H2,1H3. The minimum Gasteiger partial charge on any atom is -0.491 e. The zero-order valence-electron chi connectivity index (χ0n) is 18.7. The molecule has 0 aromatic heterocycles. The number of aryl methyl sites for hydroxylation is 2. The van der Waals surface area contributed by atoms with Crippen LogP contribution in [0.1, 0.15) is 24.0 Å². The van der Waals surface area contributed by atoms with E-state index in [0.717, 1.165) is 23.5 Å². The number of carbonyl (C=O) groups is 2. The predicted octanol–water partition coefficient (Wildman–Crippen LogP) is 2.49. The predicted molar refractivity (Wildman–Crippen MR) is 119 cm³/mol. The molecule has 8 heteroatoms. The van der Waals surface area contributed by atoms with E-state index in [-0.39, 0.29) is 37.7 Å². The summed E-state index contributed by atoms with van der Waals surface area (Å²) in [7, 11) is 1.36. The van der Waals surface area contributed by atoms with Crippen LogP contribution < -0.4 is 9.47 Å². The van der Waals surface area contributed by atoms with Crippen molar-refractivity contribution < 1.29 is 38.4 Å². The van der Waals surface area contributed by atoms with Crippen LogP contribution in [-0.4, -0.2) is 62.8 Å². The largest absolute Gasteiger partial charge is 0.491 e. The first kappa shape index (κ1) is 24.5. The molecular formula is C25H30O8. The quantitative estimate of drug-likeness (QED) is 0.340. The Labute approximate surface area is 193 Å². The maximum Gasteiger partial charge on any atom is 0.306 e. The Balaban J connectivity index is 1.28. The van der Waals surface area contributed by atoms with Crippen LogP contribution in [0.3, 0.4) is 0 Å². The Bertz CT molecular complexity index is 874. The Morgan fingerprint density at radius 2 is 1.45 bits per heavy atom. The molecular weight excluding hydrogens is 428 g/mol. The molecule has 2 aromatic rings. The second kappa shape index (κ2) is 12.8. The molecule has 3 rings (SSSR count). The number of aliphatic hydroxyl groups is 1. The van der Waals surface area contributed by atoms with Gasteiger partial charge in [0.2, 0.25) is 0 Å². The smallest absolute Gasteiger partial charge is 0.306 e. The number of rotatable bonds is 14. The van der Waals surface area contributed by atoms with Crippen molar-refractivity contribution in [1.82, 2.24) is 0 Å². The average Bonchev–Trinajstić information content (AvgIpc) is 3.68. The maximum absolute atomic E-state index is 12.0. The molecule has 0 amide bonds. The van der Waals surface area contributed by atoms with Crippen LogP contribution in [0.2, 0.25) is 0 Å². The van der Waals surface area contributed by atoms with E-state index in [1.807, 2.05) is 36.4 Å². The van der Waals surface area contributed by atoms with Crippen LogP contribution in [0.4, 0.5) is 0 Å². The molecule has 0 saturated carbocycles. The highest BCUT2D eigenvalue weighted by atomic mass is 16.6. The van der Waals surface area contributed by atoms with Gasteiger partial charge in [0.05, 0.1) is 13.7 Å². The van der Waals surface area contributed by atoms with Crippen molar-refractivity contribution in [3.05, 3.63) is 59.7 Å². The minimum absolute atomic E-state index is 0.00213. The Hall–Kier alpha value is -3.10. The summed E-state index contributed by atoms with van der Waals surface area (Å²) in [6, 6.07) is 14.8. The molecule has 1 saturated heterocycles. The first-order chi connectivity index (χ1) is 16.0. The van der Waals surface area contributed by atoms with Gasteiger partial charge in [-0.3, -0.25) is 9.59 Å². The van der Waals surface area contributed by atoms with Gasteiger partial charge in [-0.05, 0) is 48.2 Å². The summed E-state index contributed by atoms with van der Waals surface area (Å²) in [4.78, 5) is 23.2. The van der Waals surface area contributed by atoms with Crippen LogP contribution in [0.15, 0.2) is 48.5 Å². The fourth-order valence-electron chi connectivity index (χ4n) is 2.95. The van der Waals surface area contributed by atoms with Gasteiger partial charge in [0, 0.05) is 12.8 Å². The first-order valence-corrected chi connectivity index (χ1v) is 11.0. The number of ether oxygens (including phenoxy) is 5. The van der Waals surface area contributed by atoms with Crippen molar-refractivity contribution in [1.29, 1.82) is 0 Å². The molecule has 2 aromatic carbocycles. The lowest BCUT2D eigenvalue weighted by Gasteiger charge is -2.13. The first-order valence-electron chi connectivity index (χ1n) is 11.0. The molecule has 0 bridgehead atoms. The van der Waals surface area contributed by atoms with Crippen molar-refractivity contribution in [2.24, 2.45) is 0 Å². The van der Waals surface area contributed by atoms with E-state index in [0.29, 0.717) is 31.6 Å². The van der Waals surface area contributed by atoms with Crippen LogP contribution in [-0.2, 0) is 36.6 Å². The van der Waals surface area contributed by atoms with Gasteiger partial charge >= 0.3 is 11.9 Å². The third-order valence-corrected chi connectivity index (χ3v) is 5.03. The van der Waals surface area contributed by atoms with Gasteiger partial charge in [-0.15, -0.1) is 0 Å². The Morgan fingerprint density at radius 1 is 0.909 bits per heavy atom. The van der Waals surface area contributed by atoms with Crippen molar-refractivity contribution >= 4 is 11.9 Å². The molecule has 0 aliphatic carbocycles. The number of esters is 2. The molecule has 1 aliphatic heterocycles. The number of methoxy groups -OCH3 is 1. The van der Waals surface area contributed by atoms with Crippen molar-refractivity contribution in [3.8, 4) is 11.5 Å². The fraction of sp³-hybridized carbons (Fsp3) is 0.440. The molecule has 1 fully saturated rings. The van der Waals surface area contributed by atoms with Crippen LogP contribution >= 0.6 is 0 Å². The van der Waals surface area contributed by atoms with Gasteiger partial charge in [-0.2, -0.15) is 0 Å². The number of epoxide rings is 1.